The number of aryl methyl sites for hydroxylation is 1. The van der Waals surface area contributed by atoms with Gasteiger partial charge in [0.05, 0.1) is 25.0 Å². The summed E-state index contributed by atoms with van der Waals surface area (Å²) in [5, 5.41) is 10.2. The number of aliphatic hydroxyl groups excluding tert-OH is 1. The van der Waals surface area contributed by atoms with Crippen LogP contribution in [0.2, 0.25) is 0 Å². The van der Waals surface area contributed by atoms with Crippen LogP contribution in [0.4, 0.5) is 10.1 Å². The van der Waals surface area contributed by atoms with Gasteiger partial charge in [0, 0.05) is 32.7 Å². The summed E-state index contributed by atoms with van der Waals surface area (Å²) >= 11 is 0. The molecule has 2 aromatic carbocycles. The van der Waals surface area contributed by atoms with E-state index in [4.69, 9.17) is 9.47 Å². The van der Waals surface area contributed by atoms with Crippen molar-refractivity contribution in [2.45, 2.75) is 19.4 Å². The van der Waals surface area contributed by atoms with E-state index >= 15 is 0 Å². The van der Waals surface area contributed by atoms with Crippen molar-refractivity contribution in [3.8, 4) is 5.75 Å². The van der Waals surface area contributed by atoms with Gasteiger partial charge in [0.25, 0.3) is 0 Å². The molecule has 1 aliphatic heterocycles. The lowest BCUT2D eigenvalue weighted by Gasteiger charge is -2.36. The molecule has 3 rings (SSSR count). The van der Waals surface area contributed by atoms with Gasteiger partial charge in [-0.2, -0.15) is 0 Å². The third kappa shape index (κ3) is 6.70. The highest BCUT2D eigenvalue weighted by Crippen LogP contribution is 2.20. The summed E-state index contributed by atoms with van der Waals surface area (Å²) in [7, 11) is 0. The fraction of sp³-hybridized carbons (Fsp3) is 0.478. The van der Waals surface area contributed by atoms with Gasteiger partial charge in [-0.3, -0.25) is 4.90 Å². The molecular weight excluding hydrogens is 371 g/mol. The number of nitrogens with zero attached hydrogens (tertiary/aromatic N) is 2. The van der Waals surface area contributed by atoms with Gasteiger partial charge in [-0.05, 0) is 36.2 Å². The average Bonchev–Trinajstić information content (AvgIpc) is 2.75. The Kier molecular flexibility index (Phi) is 8.28. The second-order valence-corrected chi connectivity index (χ2v) is 7.31. The first-order valence-corrected chi connectivity index (χ1v) is 10.3. The SMILES string of the molecule is CCc1ccc(OCCOCC(O)CN2CCN(c3ccccc3F)CC2)cc1. The van der Waals surface area contributed by atoms with Crippen molar-refractivity contribution in [3.05, 3.63) is 59.9 Å². The molecule has 5 nitrogen and oxygen atoms in total. The maximum absolute atomic E-state index is 13.9. The molecule has 0 aliphatic carbocycles. The highest BCUT2D eigenvalue weighted by molar-refractivity contribution is 5.48. The van der Waals surface area contributed by atoms with Crippen LogP contribution in [0.25, 0.3) is 0 Å². The van der Waals surface area contributed by atoms with Crippen LogP contribution >= 0.6 is 0 Å². The molecule has 0 saturated carbocycles. The highest BCUT2D eigenvalue weighted by Gasteiger charge is 2.21. The summed E-state index contributed by atoms with van der Waals surface area (Å²) in [6.45, 7) is 6.95. The molecule has 0 spiro atoms. The van der Waals surface area contributed by atoms with Gasteiger partial charge in [0.15, 0.2) is 0 Å². The molecule has 1 heterocycles. The lowest BCUT2D eigenvalue weighted by atomic mass is 10.2. The van der Waals surface area contributed by atoms with Gasteiger partial charge in [-0.25, -0.2) is 4.39 Å². The molecule has 1 N–H and O–H groups in total. The van der Waals surface area contributed by atoms with Crippen molar-refractivity contribution in [1.82, 2.24) is 4.90 Å². The largest absolute Gasteiger partial charge is 0.491 e. The first-order valence-electron chi connectivity index (χ1n) is 10.3. The number of benzene rings is 2. The summed E-state index contributed by atoms with van der Waals surface area (Å²) in [4.78, 5) is 4.25. The maximum Gasteiger partial charge on any atom is 0.146 e. The molecule has 1 fully saturated rings. The predicted molar refractivity (Wildman–Crippen MR) is 113 cm³/mol. The molecule has 1 saturated heterocycles. The minimum atomic E-state index is -0.543. The van der Waals surface area contributed by atoms with E-state index < -0.39 is 6.10 Å². The number of piperazine rings is 1. The van der Waals surface area contributed by atoms with E-state index in [1.54, 1.807) is 6.07 Å². The van der Waals surface area contributed by atoms with Crippen molar-refractivity contribution in [1.29, 1.82) is 0 Å². The molecule has 0 radical (unpaired) electrons. The number of para-hydroxylation sites is 1. The summed E-state index contributed by atoms with van der Waals surface area (Å²) in [5.74, 6) is 0.650. The third-order valence-electron chi connectivity index (χ3n) is 5.17. The van der Waals surface area contributed by atoms with Gasteiger partial charge in [0.1, 0.15) is 18.2 Å². The lowest BCUT2D eigenvalue weighted by molar-refractivity contribution is 0.00716. The number of rotatable bonds is 10. The zero-order valence-electron chi connectivity index (χ0n) is 17.1. The first kappa shape index (κ1) is 21.6. The predicted octanol–water partition coefficient (Wildman–Crippen LogP) is 2.97. The fourth-order valence-electron chi connectivity index (χ4n) is 3.49. The number of anilines is 1. The van der Waals surface area contributed by atoms with Gasteiger partial charge >= 0.3 is 0 Å². The number of β-amino-alcohol motifs (C(OH)–C–C–N with tert-alkyl or cyclic N) is 1. The quantitative estimate of drug-likeness (QED) is 0.619. The third-order valence-corrected chi connectivity index (χ3v) is 5.17. The maximum atomic E-state index is 13.9. The minimum absolute atomic E-state index is 0.182. The van der Waals surface area contributed by atoms with Gasteiger partial charge in [-0.1, -0.05) is 31.2 Å². The van der Waals surface area contributed by atoms with Crippen LogP contribution in [-0.2, 0) is 11.2 Å². The Bertz CT molecular complexity index is 733. The number of hydrogen-bond acceptors (Lipinski definition) is 5. The standard InChI is InChI=1S/C23H31FN2O3/c1-2-19-7-9-21(10-8-19)29-16-15-28-18-20(27)17-25-11-13-26(14-12-25)23-6-4-3-5-22(23)24/h3-10,20,27H,2,11-18H2,1H3. The molecule has 0 aromatic heterocycles. The normalized spacial score (nSPS) is 16.0. The minimum Gasteiger partial charge on any atom is -0.491 e. The van der Waals surface area contributed by atoms with E-state index in [-0.39, 0.29) is 12.4 Å². The van der Waals surface area contributed by atoms with Crippen LogP contribution in [0.3, 0.4) is 0 Å². The molecule has 1 unspecified atom stereocenters. The summed E-state index contributed by atoms with van der Waals surface area (Å²) in [6.07, 6.45) is 0.471. The highest BCUT2D eigenvalue weighted by atomic mass is 19.1. The monoisotopic (exact) mass is 402 g/mol. The Hall–Kier alpha value is -2.15. The number of halogens is 1. The van der Waals surface area contributed by atoms with Crippen molar-refractivity contribution in [2.24, 2.45) is 0 Å². The van der Waals surface area contributed by atoms with Crippen molar-refractivity contribution in [2.75, 3.05) is 57.4 Å². The average molecular weight is 403 g/mol. The Balaban J connectivity index is 1.28. The fourth-order valence-corrected chi connectivity index (χ4v) is 3.49. The Morgan fingerprint density at radius 2 is 1.72 bits per heavy atom. The Labute approximate surface area is 172 Å². The van der Waals surface area contributed by atoms with Crippen LogP contribution in [-0.4, -0.2) is 68.7 Å². The second-order valence-electron chi connectivity index (χ2n) is 7.31. The topological polar surface area (TPSA) is 45.2 Å². The van der Waals surface area contributed by atoms with E-state index in [2.05, 4.69) is 28.9 Å². The van der Waals surface area contributed by atoms with Crippen LogP contribution in [0, 0.1) is 5.82 Å². The molecule has 29 heavy (non-hydrogen) atoms. The van der Waals surface area contributed by atoms with Crippen LogP contribution in [0.5, 0.6) is 5.75 Å². The first-order chi connectivity index (χ1) is 14.2. The van der Waals surface area contributed by atoms with E-state index in [9.17, 15) is 9.50 Å². The molecule has 6 heteroatoms. The van der Waals surface area contributed by atoms with E-state index in [1.165, 1.54) is 11.6 Å². The second kappa shape index (κ2) is 11.1. The smallest absolute Gasteiger partial charge is 0.146 e. The molecular formula is C23H31FN2O3. The van der Waals surface area contributed by atoms with Crippen LogP contribution < -0.4 is 9.64 Å². The van der Waals surface area contributed by atoms with Gasteiger partial charge in [0.2, 0.25) is 0 Å². The zero-order chi connectivity index (χ0) is 20.5. The Morgan fingerprint density at radius 3 is 2.41 bits per heavy atom. The van der Waals surface area contributed by atoms with E-state index in [1.807, 2.05) is 24.3 Å². The van der Waals surface area contributed by atoms with Gasteiger partial charge < -0.3 is 19.5 Å². The zero-order valence-corrected chi connectivity index (χ0v) is 17.1. The molecule has 0 amide bonds. The molecule has 158 valence electrons. The number of hydrogen-bond donors (Lipinski definition) is 1. The summed E-state index contributed by atoms with van der Waals surface area (Å²) in [5.41, 5.74) is 1.94. The molecule has 2 aromatic rings. The lowest BCUT2D eigenvalue weighted by Crippen LogP contribution is -2.49. The van der Waals surface area contributed by atoms with Crippen LogP contribution in [0.1, 0.15) is 12.5 Å². The Morgan fingerprint density at radius 1 is 1.00 bits per heavy atom. The molecule has 0 bridgehead atoms. The number of ether oxygens (including phenoxy) is 2. The van der Waals surface area contributed by atoms with Crippen molar-refractivity contribution < 1.29 is 19.0 Å². The van der Waals surface area contributed by atoms with Gasteiger partial charge in [-0.15, -0.1) is 0 Å². The van der Waals surface area contributed by atoms with Crippen molar-refractivity contribution >= 4 is 5.69 Å². The van der Waals surface area contributed by atoms with E-state index in [0.29, 0.717) is 25.4 Å². The van der Waals surface area contributed by atoms with E-state index in [0.717, 1.165) is 38.3 Å². The molecule has 1 atom stereocenters. The van der Waals surface area contributed by atoms with Crippen LogP contribution in [0.15, 0.2) is 48.5 Å². The van der Waals surface area contributed by atoms with Crippen molar-refractivity contribution in [3.63, 3.8) is 0 Å². The summed E-state index contributed by atoms with van der Waals surface area (Å²) in [6, 6.07) is 14.9. The summed E-state index contributed by atoms with van der Waals surface area (Å²) < 4.78 is 25.1. The molecule has 1 aliphatic rings. The number of aliphatic hydroxyl groups is 1.